The normalized spacial score (nSPS) is 18.7. The van der Waals surface area contributed by atoms with Crippen LogP contribution in [0.3, 0.4) is 0 Å². The number of benzene rings is 1. The molecule has 0 saturated carbocycles. The summed E-state index contributed by atoms with van der Waals surface area (Å²) >= 11 is 1.62. The van der Waals surface area contributed by atoms with E-state index in [1.807, 2.05) is 36.7 Å². The molecule has 6 nitrogen and oxygen atoms in total. The van der Waals surface area contributed by atoms with Gasteiger partial charge in [0.05, 0.1) is 22.2 Å². The fourth-order valence-corrected chi connectivity index (χ4v) is 6.03. The van der Waals surface area contributed by atoms with Crippen molar-refractivity contribution in [2.45, 2.75) is 105 Å². The van der Waals surface area contributed by atoms with E-state index in [2.05, 4.69) is 38.0 Å². The topological polar surface area (TPSA) is 82.5 Å². The Hall–Kier alpha value is -2.25. The Bertz CT molecular complexity index is 1010. The maximum Gasteiger partial charge on any atom is 0.243 e. The molecule has 0 radical (unpaired) electrons. The lowest BCUT2D eigenvalue weighted by Gasteiger charge is -2.35. The first-order chi connectivity index (χ1) is 17.6. The van der Waals surface area contributed by atoms with Gasteiger partial charge in [-0.25, -0.2) is 4.98 Å². The predicted octanol–water partition coefficient (Wildman–Crippen LogP) is 6.11. The zero-order valence-electron chi connectivity index (χ0n) is 23.3. The van der Waals surface area contributed by atoms with Gasteiger partial charge in [0.2, 0.25) is 11.8 Å². The molecular weight excluding hydrogens is 482 g/mol. The molecule has 0 unspecified atom stereocenters. The number of hydrogen-bond donors (Lipinski definition) is 2. The summed E-state index contributed by atoms with van der Waals surface area (Å²) in [4.78, 5) is 34.0. The van der Waals surface area contributed by atoms with Crippen LogP contribution in [-0.4, -0.2) is 45.5 Å². The smallest absolute Gasteiger partial charge is 0.243 e. The van der Waals surface area contributed by atoms with Crippen LogP contribution in [0, 0.1) is 18.3 Å². The van der Waals surface area contributed by atoms with Crippen LogP contribution in [0.15, 0.2) is 29.8 Å². The molecule has 7 heteroatoms. The number of unbranched alkanes of at least 4 members (excludes halogenated alkanes) is 5. The number of carbonyl (C=O) groups is 2. The molecule has 0 bridgehead atoms. The Labute approximate surface area is 226 Å². The molecule has 2 aromatic rings. The molecule has 1 aliphatic heterocycles. The first kappa shape index (κ1) is 29.3. The summed E-state index contributed by atoms with van der Waals surface area (Å²) < 4.78 is 0. The maximum absolute atomic E-state index is 13.7. The third kappa shape index (κ3) is 8.11. The van der Waals surface area contributed by atoms with Gasteiger partial charge in [-0.1, -0.05) is 90.5 Å². The summed E-state index contributed by atoms with van der Waals surface area (Å²) in [5, 5.41) is 13.4. The number of nitrogens with zero attached hydrogens (tertiary/aromatic N) is 2. The highest BCUT2D eigenvalue weighted by Gasteiger charge is 2.43. The lowest BCUT2D eigenvalue weighted by atomic mass is 9.76. The minimum absolute atomic E-state index is 0.00189. The van der Waals surface area contributed by atoms with Crippen LogP contribution in [0.2, 0.25) is 0 Å². The second-order valence-corrected chi connectivity index (χ2v) is 12.4. The molecule has 1 aromatic carbocycles. The monoisotopic (exact) mass is 527 g/mol. The average molecular weight is 528 g/mol. The van der Waals surface area contributed by atoms with Gasteiger partial charge in [0.1, 0.15) is 6.04 Å². The largest absolute Gasteiger partial charge is 0.391 e. The van der Waals surface area contributed by atoms with Gasteiger partial charge in [-0.2, -0.15) is 0 Å². The minimum atomic E-state index is -0.670. The second-order valence-electron chi connectivity index (χ2n) is 11.6. The van der Waals surface area contributed by atoms with Crippen molar-refractivity contribution in [3.05, 3.63) is 41.0 Å². The molecule has 204 valence electrons. The number of amides is 2. The molecule has 37 heavy (non-hydrogen) atoms. The van der Waals surface area contributed by atoms with E-state index in [4.69, 9.17) is 0 Å². The zero-order chi connectivity index (χ0) is 27.0. The maximum atomic E-state index is 13.7. The van der Waals surface area contributed by atoms with E-state index < -0.39 is 12.1 Å². The highest BCUT2D eigenvalue weighted by molar-refractivity contribution is 7.13. The molecule has 2 N–H and O–H groups in total. The van der Waals surface area contributed by atoms with Gasteiger partial charge in [-0.3, -0.25) is 9.59 Å². The molecule has 2 amide bonds. The number of rotatable bonds is 12. The minimum Gasteiger partial charge on any atom is -0.391 e. The summed E-state index contributed by atoms with van der Waals surface area (Å²) in [6, 6.07) is 7.49. The van der Waals surface area contributed by atoms with E-state index in [0.717, 1.165) is 41.0 Å². The van der Waals surface area contributed by atoms with E-state index in [1.54, 1.807) is 16.2 Å². The van der Waals surface area contributed by atoms with E-state index in [0.29, 0.717) is 6.54 Å². The van der Waals surface area contributed by atoms with Gasteiger partial charge < -0.3 is 15.3 Å². The molecule has 1 fully saturated rings. The van der Waals surface area contributed by atoms with E-state index in [-0.39, 0.29) is 36.1 Å². The van der Waals surface area contributed by atoms with Gasteiger partial charge in [0.15, 0.2) is 0 Å². The fraction of sp³-hybridized carbons (Fsp3) is 0.633. The van der Waals surface area contributed by atoms with Crippen molar-refractivity contribution in [1.82, 2.24) is 15.2 Å². The van der Waals surface area contributed by atoms with Crippen molar-refractivity contribution in [1.29, 1.82) is 0 Å². The lowest BCUT2D eigenvalue weighted by Crippen LogP contribution is -2.49. The van der Waals surface area contributed by atoms with Crippen molar-refractivity contribution in [2.75, 3.05) is 6.54 Å². The molecular formula is C30H45N3O3S. The molecule has 3 rings (SSSR count). The summed E-state index contributed by atoms with van der Waals surface area (Å²) in [5.41, 5.74) is 4.77. The van der Waals surface area contributed by atoms with Gasteiger partial charge in [-0.15, -0.1) is 11.3 Å². The van der Waals surface area contributed by atoms with Gasteiger partial charge in [0, 0.05) is 25.4 Å². The Morgan fingerprint density at radius 3 is 2.43 bits per heavy atom. The summed E-state index contributed by atoms with van der Waals surface area (Å²) in [6.07, 6.45) is 7.53. The quantitative estimate of drug-likeness (QED) is 0.326. The van der Waals surface area contributed by atoms with Crippen molar-refractivity contribution in [3.8, 4) is 10.4 Å². The highest BCUT2D eigenvalue weighted by atomic mass is 32.1. The van der Waals surface area contributed by atoms with Crippen LogP contribution < -0.4 is 5.32 Å². The number of likely N-dealkylation sites (tertiary alicyclic amines) is 1. The standard InChI is InChI=1S/C30H45N3O3S/c1-6-7-8-9-10-11-12-25(30(3,4)5)29(36)33-19-24(34)17-26(33)28(35)31-18-22-13-15-23(16-14-22)27-21(2)32-20-37-27/h13-16,20,24-26,34H,6-12,17-19H2,1-5H3,(H,31,35)/t24-,25-,26+/m1/s1. The van der Waals surface area contributed by atoms with Crippen molar-refractivity contribution in [2.24, 2.45) is 11.3 Å². The molecule has 1 aliphatic rings. The number of aromatic nitrogens is 1. The number of carbonyl (C=O) groups excluding carboxylic acids is 2. The van der Waals surface area contributed by atoms with E-state index in [9.17, 15) is 14.7 Å². The number of aliphatic hydroxyl groups excluding tert-OH is 1. The SMILES string of the molecule is CCCCCCCC[C@H](C(=O)N1C[C@H](O)C[C@H]1C(=O)NCc1ccc(-c2scnc2C)cc1)C(C)(C)C. The Balaban J connectivity index is 1.59. The van der Waals surface area contributed by atoms with Crippen molar-refractivity contribution < 1.29 is 14.7 Å². The average Bonchev–Trinajstić information content (AvgIpc) is 3.46. The first-order valence-corrected chi connectivity index (χ1v) is 14.8. The van der Waals surface area contributed by atoms with Crippen LogP contribution in [0.4, 0.5) is 0 Å². The third-order valence-corrected chi connectivity index (χ3v) is 8.46. The summed E-state index contributed by atoms with van der Waals surface area (Å²) in [6.45, 7) is 11.1. The van der Waals surface area contributed by atoms with E-state index in [1.165, 1.54) is 25.7 Å². The van der Waals surface area contributed by atoms with Crippen molar-refractivity contribution >= 4 is 23.2 Å². The molecule has 0 spiro atoms. The van der Waals surface area contributed by atoms with Crippen LogP contribution >= 0.6 is 11.3 Å². The number of nitrogens with one attached hydrogen (secondary N) is 1. The highest BCUT2D eigenvalue weighted by Crippen LogP contribution is 2.34. The Kier molecular flexibility index (Phi) is 10.7. The van der Waals surface area contributed by atoms with Crippen LogP contribution in [0.5, 0.6) is 0 Å². The number of hydrogen-bond acceptors (Lipinski definition) is 5. The number of aryl methyl sites for hydroxylation is 1. The Morgan fingerprint density at radius 2 is 1.81 bits per heavy atom. The number of thiazole rings is 1. The zero-order valence-corrected chi connectivity index (χ0v) is 24.1. The number of β-amino-alcohol motifs (C(OH)–C–C–N with tert-alkyl or cyclic N) is 1. The predicted molar refractivity (Wildman–Crippen MR) is 151 cm³/mol. The molecule has 2 heterocycles. The lowest BCUT2D eigenvalue weighted by molar-refractivity contribution is -0.145. The van der Waals surface area contributed by atoms with Gasteiger partial charge in [0.25, 0.3) is 0 Å². The third-order valence-electron chi connectivity index (χ3n) is 7.48. The molecule has 3 atom stereocenters. The fourth-order valence-electron chi connectivity index (χ4n) is 5.22. The van der Waals surface area contributed by atoms with E-state index >= 15 is 0 Å². The molecule has 1 saturated heterocycles. The van der Waals surface area contributed by atoms with Crippen LogP contribution in [0.25, 0.3) is 10.4 Å². The van der Waals surface area contributed by atoms with Gasteiger partial charge >= 0.3 is 0 Å². The molecule has 1 aromatic heterocycles. The van der Waals surface area contributed by atoms with Crippen molar-refractivity contribution in [3.63, 3.8) is 0 Å². The summed E-state index contributed by atoms with van der Waals surface area (Å²) in [7, 11) is 0. The van der Waals surface area contributed by atoms with Crippen LogP contribution in [0.1, 0.15) is 90.3 Å². The van der Waals surface area contributed by atoms with Crippen LogP contribution in [-0.2, 0) is 16.1 Å². The second kappa shape index (κ2) is 13.5. The summed E-state index contributed by atoms with van der Waals surface area (Å²) in [5.74, 6) is -0.358. The first-order valence-electron chi connectivity index (χ1n) is 13.9. The molecule has 0 aliphatic carbocycles. The Morgan fingerprint density at radius 1 is 1.14 bits per heavy atom. The van der Waals surface area contributed by atoms with Gasteiger partial charge in [-0.05, 0) is 29.9 Å². The number of aliphatic hydroxyl groups is 1.